The van der Waals surface area contributed by atoms with Crippen LogP contribution in [0.25, 0.3) is 0 Å². The Bertz CT molecular complexity index is 399. The zero-order chi connectivity index (χ0) is 12.3. The molecular formula is C11H16N2O3S. The van der Waals surface area contributed by atoms with E-state index >= 15 is 0 Å². The van der Waals surface area contributed by atoms with Crippen molar-refractivity contribution in [2.75, 3.05) is 37.8 Å². The Morgan fingerprint density at radius 3 is 2.88 bits per heavy atom. The van der Waals surface area contributed by atoms with Gasteiger partial charge in [0.15, 0.2) is 5.13 Å². The highest BCUT2D eigenvalue weighted by Gasteiger charge is 2.20. The van der Waals surface area contributed by atoms with Crippen molar-refractivity contribution < 1.29 is 14.3 Å². The van der Waals surface area contributed by atoms with Gasteiger partial charge in [0, 0.05) is 13.1 Å². The van der Waals surface area contributed by atoms with Crippen LogP contribution >= 0.6 is 11.3 Å². The topological polar surface area (TPSA) is 51.7 Å². The van der Waals surface area contributed by atoms with E-state index in [-0.39, 0.29) is 5.97 Å². The Hall–Kier alpha value is -1.14. The highest BCUT2D eigenvalue weighted by molar-refractivity contribution is 7.17. The van der Waals surface area contributed by atoms with Gasteiger partial charge in [-0.1, -0.05) is 11.3 Å². The summed E-state index contributed by atoms with van der Waals surface area (Å²) in [6.07, 6.45) is 0. The van der Waals surface area contributed by atoms with Crippen molar-refractivity contribution in [1.29, 1.82) is 0 Å². The summed E-state index contributed by atoms with van der Waals surface area (Å²) in [4.78, 5) is 18.8. The Morgan fingerprint density at radius 2 is 2.24 bits per heavy atom. The number of carbonyl (C=O) groups excluding carboxylic acids is 1. The molecule has 6 heteroatoms. The van der Waals surface area contributed by atoms with Gasteiger partial charge in [-0.05, 0) is 13.8 Å². The molecule has 1 aromatic heterocycles. The third kappa shape index (κ3) is 2.76. The average molecular weight is 256 g/mol. The molecule has 0 unspecified atom stereocenters. The van der Waals surface area contributed by atoms with Crippen LogP contribution in [0.4, 0.5) is 5.13 Å². The number of hydrogen-bond donors (Lipinski definition) is 0. The number of anilines is 1. The van der Waals surface area contributed by atoms with Crippen LogP contribution in [0.1, 0.15) is 22.3 Å². The van der Waals surface area contributed by atoms with Gasteiger partial charge >= 0.3 is 5.97 Å². The molecule has 2 rings (SSSR count). The predicted molar refractivity (Wildman–Crippen MR) is 65.8 cm³/mol. The van der Waals surface area contributed by atoms with Crippen LogP contribution in [0.2, 0.25) is 0 Å². The first-order valence-electron chi connectivity index (χ1n) is 5.69. The van der Waals surface area contributed by atoms with Crippen molar-refractivity contribution >= 4 is 22.4 Å². The van der Waals surface area contributed by atoms with Crippen molar-refractivity contribution in [2.45, 2.75) is 13.8 Å². The van der Waals surface area contributed by atoms with Crippen LogP contribution in [-0.4, -0.2) is 43.9 Å². The van der Waals surface area contributed by atoms with Crippen molar-refractivity contribution in [2.24, 2.45) is 0 Å². The van der Waals surface area contributed by atoms with Gasteiger partial charge in [0.25, 0.3) is 0 Å². The lowest BCUT2D eigenvalue weighted by Crippen LogP contribution is -2.36. The molecule has 0 amide bonds. The monoisotopic (exact) mass is 256 g/mol. The maximum Gasteiger partial charge on any atom is 0.350 e. The van der Waals surface area contributed by atoms with Crippen molar-refractivity contribution in [3.05, 3.63) is 10.6 Å². The Kier molecular flexibility index (Phi) is 3.96. The third-order valence-electron chi connectivity index (χ3n) is 2.53. The molecule has 1 aliphatic heterocycles. The minimum absolute atomic E-state index is 0.276. The van der Waals surface area contributed by atoms with Gasteiger partial charge in [0.05, 0.1) is 25.5 Å². The second kappa shape index (κ2) is 5.46. The molecule has 0 saturated carbocycles. The second-order valence-corrected chi connectivity index (χ2v) is 4.71. The zero-order valence-corrected chi connectivity index (χ0v) is 10.9. The van der Waals surface area contributed by atoms with E-state index in [0.717, 1.165) is 23.9 Å². The molecule has 1 fully saturated rings. The lowest BCUT2D eigenvalue weighted by atomic mass is 10.4. The van der Waals surface area contributed by atoms with Gasteiger partial charge in [-0.2, -0.15) is 0 Å². The van der Waals surface area contributed by atoms with Crippen LogP contribution < -0.4 is 4.90 Å². The standard InChI is InChI=1S/C11H16N2O3S/c1-3-16-10(14)9-8(2)12-11(17-9)13-4-6-15-7-5-13/h3-7H2,1-2H3. The largest absolute Gasteiger partial charge is 0.462 e. The lowest BCUT2D eigenvalue weighted by molar-refractivity contribution is 0.0531. The summed E-state index contributed by atoms with van der Waals surface area (Å²) in [5.74, 6) is -0.276. The fourth-order valence-corrected chi connectivity index (χ4v) is 2.67. The number of aromatic nitrogens is 1. The second-order valence-electron chi connectivity index (χ2n) is 3.73. The molecule has 0 bridgehead atoms. The molecule has 0 spiro atoms. The molecule has 0 radical (unpaired) electrons. The van der Waals surface area contributed by atoms with Gasteiger partial charge in [0.2, 0.25) is 0 Å². The van der Waals surface area contributed by atoms with Crippen LogP contribution in [0.15, 0.2) is 0 Å². The van der Waals surface area contributed by atoms with Crippen molar-refractivity contribution in [1.82, 2.24) is 4.98 Å². The van der Waals surface area contributed by atoms with E-state index in [0.29, 0.717) is 24.7 Å². The van der Waals surface area contributed by atoms with Crippen LogP contribution in [-0.2, 0) is 9.47 Å². The summed E-state index contributed by atoms with van der Waals surface area (Å²) >= 11 is 1.40. The number of esters is 1. The first-order valence-corrected chi connectivity index (χ1v) is 6.51. The summed E-state index contributed by atoms with van der Waals surface area (Å²) < 4.78 is 10.3. The maximum atomic E-state index is 11.7. The molecule has 1 aromatic rings. The summed E-state index contributed by atoms with van der Waals surface area (Å²) in [5.41, 5.74) is 0.745. The van der Waals surface area contributed by atoms with Gasteiger partial charge in [-0.15, -0.1) is 0 Å². The summed E-state index contributed by atoms with van der Waals surface area (Å²) in [5, 5.41) is 0.883. The molecule has 0 aliphatic carbocycles. The summed E-state index contributed by atoms with van der Waals surface area (Å²) in [6, 6.07) is 0. The molecule has 2 heterocycles. The molecule has 0 aromatic carbocycles. The minimum Gasteiger partial charge on any atom is -0.462 e. The molecule has 0 N–H and O–H groups in total. The Labute approximate surface area is 104 Å². The van der Waals surface area contributed by atoms with Crippen molar-refractivity contribution in [3.8, 4) is 0 Å². The number of rotatable bonds is 3. The van der Waals surface area contributed by atoms with E-state index in [1.54, 1.807) is 6.92 Å². The molecule has 0 atom stereocenters. The number of aryl methyl sites for hydroxylation is 1. The summed E-state index contributed by atoms with van der Waals surface area (Å²) in [6.45, 7) is 7.12. The minimum atomic E-state index is -0.276. The molecule has 5 nitrogen and oxygen atoms in total. The third-order valence-corrected chi connectivity index (χ3v) is 3.73. The molecule has 1 aliphatic rings. The number of morpholine rings is 1. The lowest BCUT2D eigenvalue weighted by Gasteiger charge is -2.25. The van der Waals surface area contributed by atoms with Crippen LogP contribution in [0, 0.1) is 6.92 Å². The maximum absolute atomic E-state index is 11.7. The van der Waals surface area contributed by atoms with E-state index in [4.69, 9.17) is 9.47 Å². The molecular weight excluding hydrogens is 240 g/mol. The zero-order valence-electron chi connectivity index (χ0n) is 10.1. The summed E-state index contributed by atoms with van der Waals surface area (Å²) in [7, 11) is 0. The molecule has 17 heavy (non-hydrogen) atoms. The smallest absolute Gasteiger partial charge is 0.350 e. The van der Waals surface area contributed by atoms with Gasteiger partial charge in [0.1, 0.15) is 4.88 Å². The number of ether oxygens (including phenoxy) is 2. The number of thiazole rings is 1. The molecule has 1 saturated heterocycles. The quantitative estimate of drug-likeness (QED) is 0.766. The Morgan fingerprint density at radius 1 is 1.53 bits per heavy atom. The SMILES string of the molecule is CCOC(=O)c1sc(N2CCOCC2)nc1C. The number of hydrogen-bond acceptors (Lipinski definition) is 6. The van der Waals surface area contributed by atoms with Gasteiger partial charge in [-0.3, -0.25) is 0 Å². The van der Waals surface area contributed by atoms with Gasteiger partial charge < -0.3 is 14.4 Å². The molecule has 94 valence electrons. The van der Waals surface area contributed by atoms with E-state index in [1.807, 2.05) is 6.92 Å². The fraction of sp³-hybridized carbons (Fsp3) is 0.636. The predicted octanol–water partition coefficient (Wildman–Crippen LogP) is 1.46. The van der Waals surface area contributed by atoms with E-state index < -0.39 is 0 Å². The number of nitrogens with zero attached hydrogens (tertiary/aromatic N) is 2. The number of carbonyl (C=O) groups is 1. The Balaban J connectivity index is 2.14. The van der Waals surface area contributed by atoms with E-state index in [9.17, 15) is 4.79 Å². The first-order chi connectivity index (χ1) is 8.22. The highest BCUT2D eigenvalue weighted by Crippen LogP contribution is 2.27. The average Bonchev–Trinajstić information content (AvgIpc) is 2.73. The highest BCUT2D eigenvalue weighted by atomic mass is 32.1. The van der Waals surface area contributed by atoms with Gasteiger partial charge in [-0.25, -0.2) is 9.78 Å². The normalized spacial score (nSPS) is 16.0. The first kappa shape index (κ1) is 12.3. The van der Waals surface area contributed by atoms with E-state index in [1.165, 1.54) is 11.3 Å². The van der Waals surface area contributed by atoms with Crippen molar-refractivity contribution in [3.63, 3.8) is 0 Å². The van der Waals surface area contributed by atoms with Crippen LogP contribution in [0.3, 0.4) is 0 Å². The van der Waals surface area contributed by atoms with Crippen LogP contribution in [0.5, 0.6) is 0 Å². The van der Waals surface area contributed by atoms with E-state index in [2.05, 4.69) is 9.88 Å². The fourth-order valence-electron chi connectivity index (χ4n) is 1.66.